The molecule has 0 aliphatic carbocycles. The average Bonchev–Trinajstić information content (AvgIpc) is 2.69. The highest BCUT2D eigenvalue weighted by Crippen LogP contribution is 2.30. The first kappa shape index (κ1) is 16.6. The summed E-state index contributed by atoms with van der Waals surface area (Å²) in [7, 11) is 0. The average molecular weight is 360 g/mol. The van der Waals surface area contributed by atoms with E-state index >= 15 is 0 Å². The first-order valence-corrected chi connectivity index (χ1v) is 8.90. The summed E-state index contributed by atoms with van der Waals surface area (Å²) in [5, 5.41) is 5.44. The van der Waals surface area contributed by atoms with Crippen LogP contribution in [0.1, 0.15) is 18.5 Å². The second kappa shape index (κ2) is 7.14. The fourth-order valence-electron chi connectivity index (χ4n) is 3.05. The molecule has 0 fully saturated rings. The summed E-state index contributed by atoms with van der Waals surface area (Å²) in [4.78, 5) is 8.71. The van der Waals surface area contributed by atoms with E-state index in [1.54, 1.807) is 6.20 Å². The number of aromatic nitrogens is 2. The van der Waals surface area contributed by atoms with Gasteiger partial charge in [0.25, 0.3) is 0 Å². The van der Waals surface area contributed by atoms with E-state index in [0.717, 1.165) is 32.7 Å². The monoisotopic (exact) mass is 359 g/mol. The van der Waals surface area contributed by atoms with Crippen LogP contribution >= 0.6 is 11.6 Å². The molecule has 1 atom stereocenters. The minimum absolute atomic E-state index is 0.153. The zero-order valence-corrected chi connectivity index (χ0v) is 15.1. The number of pyridine rings is 2. The van der Waals surface area contributed by atoms with Gasteiger partial charge in [-0.15, -0.1) is 0 Å². The highest BCUT2D eigenvalue weighted by atomic mass is 35.5. The normalized spacial score (nSPS) is 12.1. The van der Waals surface area contributed by atoms with Crippen LogP contribution in [0.4, 0.5) is 5.69 Å². The maximum atomic E-state index is 6.00. The van der Waals surface area contributed by atoms with Crippen LogP contribution in [0.5, 0.6) is 0 Å². The number of fused-ring (bicyclic) bond motifs is 1. The highest BCUT2D eigenvalue weighted by molar-refractivity contribution is 6.30. The largest absolute Gasteiger partial charge is 0.378 e. The van der Waals surface area contributed by atoms with Gasteiger partial charge in [-0.1, -0.05) is 35.9 Å². The summed E-state index contributed by atoms with van der Waals surface area (Å²) in [5.41, 5.74) is 5.42. The maximum Gasteiger partial charge on any atom is 0.0723 e. The molecule has 4 aromatic rings. The van der Waals surface area contributed by atoms with E-state index in [4.69, 9.17) is 11.6 Å². The van der Waals surface area contributed by atoms with Gasteiger partial charge in [-0.05, 0) is 54.4 Å². The third kappa shape index (κ3) is 3.39. The number of hydrogen-bond donors (Lipinski definition) is 1. The van der Waals surface area contributed by atoms with Crippen LogP contribution in [-0.4, -0.2) is 9.97 Å². The molecule has 26 heavy (non-hydrogen) atoms. The smallest absolute Gasteiger partial charge is 0.0723 e. The molecular formula is C22H18ClN3. The Morgan fingerprint density at radius 1 is 0.923 bits per heavy atom. The van der Waals surface area contributed by atoms with Gasteiger partial charge in [0.2, 0.25) is 0 Å². The topological polar surface area (TPSA) is 37.8 Å². The SMILES string of the molecule is C[C@@H](Nc1ccnc2ccc(-c3cccnc3)cc12)c1ccc(Cl)cc1. The van der Waals surface area contributed by atoms with E-state index in [9.17, 15) is 0 Å². The number of anilines is 1. The lowest BCUT2D eigenvalue weighted by atomic mass is 10.0. The zero-order chi connectivity index (χ0) is 17.9. The molecule has 1 N–H and O–H groups in total. The van der Waals surface area contributed by atoms with Crippen molar-refractivity contribution in [2.45, 2.75) is 13.0 Å². The van der Waals surface area contributed by atoms with Crippen LogP contribution in [0, 0.1) is 0 Å². The maximum absolute atomic E-state index is 6.00. The van der Waals surface area contributed by atoms with Crippen molar-refractivity contribution in [3.63, 3.8) is 0 Å². The minimum Gasteiger partial charge on any atom is -0.378 e. The van der Waals surface area contributed by atoms with Crippen molar-refractivity contribution < 1.29 is 0 Å². The number of nitrogens with one attached hydrogen (secondary N) is 1. The molecule has 0 amide bonds. The molecule has 0 aliphatic heterocycles. The van der Waals surface area contributed by atoms with Gasteiger partial charge in [-0.3, -0.25) is 9.97 Å². The van der Waals surface area contributed by atoms with Crippen LogP contribution in [0.3, 0.4) is 0 Å². The summed E-state index contributed by atoms with van der Waals surface area (Å²) < 4.78 is 0. The van der Waals surface area contributed by atoms with Crippen LogP contribution in [-0.2, 0) is 0 Å². The van der Waals surface area contributed by atoms with E-state index in [2.05, 4.69) is 46.5 Å². The van der Waals surface area contributed by atoms with Crippen LogP contribution in [0.2, 0.25) is 5.02 Å². The number of benzene rings is 2. The summed E-state index contributed by atoms with van der Waals surface area (Å²) >= 11 is 6.00. The van der Waals surface area contributed by atoms with Crippen LogP contribution in [0.15, 0.2) is 79.3 Å². The lowest BCUT2D eigenvalue weighted by Crippen LogP contribution is -2.07. The molecule has 0 spiro atoms. The number of halogens is 1. The van der Waals surface area contributed by atoms with Crippen molar-refractivity contribution in [1.29, 1.82) is 0 Å². The molecule has 3 nitrogen and oxygen atoms in total. The summed E-state index contributed by atoms with van der Waals surface area (Å²) in [5.74, 6) is 0. The van der Waals surface area contributed by atoms with Gasteiger partial charge >= 0.3 is 0 Å². The standard InChI is InChI=1S/C22H18ClN3/c1-15(16-4-7-19(23)8-5-16)26-22-10-12-25-21-9-6-17(13-20(21)22)18-3-2-11-24-14-18/h2-15H,1H3,(H,25,26)/t15-/m1/s1. The lowest BCUT2D eigenvalue weighted by Gasteiger charge is -2.17. The van der Waals surface area contributed by atoms with Crippen LogP contribution < -0.4 is 5.32 Å². The Balaban J connectivity index is 1.71. The Kier molecular flexibility index (Phi) is 4.55. The first-order valence-electron chi connectivity index (χ1n) is 8.52. The Bertz CT molecular complexity index is 1030. The number of nitrogens with zero attached hydrogens (tertiary/aromatic N) is 2. The Labute approximate surface area is 157 Å². The molecule has 0 saturated heterocycles. The van der Waals surface area contributed by atoms with Crippen LogP contribution in [0.25, 0.3) is 22.0 Å². The van der Waals surface area contributed by atoms with Crippen molar-refractivity contribution >= 4 is 28.2 Å². The van der Waals surface area contributed by atoms with Gasteiger partial charge in [-0.2, -0.15) is 0 Å². The zero-order valence-electron chi connectivity index (χ0n) is 14.4. The van der Waals surface area contributed by atoms with Crippen molar-refractivity contribution in [2.24, 2.45) is 0 Å². The van der Waals surface area contributed by atoms with Gasteiger partial charge in [-0.25, -0.2) is 0 Å². The molecule has 128 valence electrons. The third-order valence-corrected chi connectivity index (χ3v) is 4.73. The Morgan fingerprint density at radius 2 is 1.77 bits per heavy atom. The van der Waals surface area contributed by atoms with Gasteiger partial charge in [0.05, 0.1) is 5.52 Å². The van der Waals surface area contributed by atoms with Crippen molar-refractivity contribution in [1.82, 2.24) is 9.97 Å². The predicted molar refractivity (Wildman–Crippen MR) is 108 cm³/mol. The number of rotatable bonds is 4. The van der Waals surface area contributed by atoms with Gasteiger partial charge in [0, 0.05) is 46.3 Å². The Hall–Kier alpha value is -2.91. The van der Waals surface area contributed by atoms with Gasteiger partial charge in [0.1, 0.15) is 0 Å². The van der Waals surface area contributed by atoms with E-state index in [1.165, 1.54) is 5.56 Å². The molecule has 0 saturated carbocycles. The molecule has 4 heteroatoms. The second-order valence-corrected chi connectivity index (χ2v) is 6.69. The summed E-state index contributed by atoms with van der Waals surface area (Å²) in [6, 6.07) is 20.4. The molecular weight excluding hydrogens is 342 g/mol. The lowest BCUT2D eigenvalue weighted by molar-refractivity contribution is 0.886. The van der Waals surface area contributed by atoms with E-state index < -0.39 is 0 Å². The van der Waals surface area contributed by atoms with Crippen molar-refractivity contribution in [3.8, 4) is 11.1 Å². The fourth-order valence-corrected chi connectivity index (χ4v) is 3.18. The number of hydrogen-bond acceptors (Lipinski definition) is 3. The predicted octanol–water partition coefficient (Wildman–Crippen LogP) is 6.12. The molecule has 0 unspecified atom stereocenters. The first-order chi connectivity index (χ1) is 12.7. The third-order valence-electron chi connectivity index (χ3n) is 4.48. The summed E-state index contributed by atoms with van der Waals surface area (Å²) in [6.07, 6.45) is 5.50. The molecule has 0 aliphatic rings. The fraction of sp³-hybridized carbons (Fsp3) is 0.0909. The molecule has 0 bridgehead atoms. The Morgan fingerprint density at radius 3 is 2.54 bits per heavy atom. The molecule has 2 aromatic heterocycles. The second-order valence-electron chi connectivity index (χ2n) is 6.25. The van der Waals surface area contributed by atoms with Crippen molar-refractivity contribution in [2.75, 3.05) is 5.32 Å². The quantitative estimate of drug-likeness (QED) is 0.476. The van der Waals surface area contributed by atoms with Crippen molar-refractivity contribution in [3.05, 3.63) is 89.8 Å². The molecule has 4 rings (SSSR count). The van der Waals surface area contributed by atoms with Gasteiger partial charge < -0.3 is 5.32 Å². The van der Waals surface area contributed by atoms with Gasteiger partial charge in [0.15, 0.2) is 0 Å². The molecule has 2 aromatic carbocycles. The van der Waals surface area contributed by atoms with E-state index in [1.807, 2.05) is 48.8 Å². The summed E-state index contributed by atoms with van der Waals surface area (Å²) in [6.45, 7) is 2.14. The molecule has 2 heterocycles. The van der Waals surface area contributed by atoms with E-state index in [-0.39, 0.29) is 6.04 Å². The minimum atomic E-state index is 0.153. The van der Waals surface area contributed by atoms with E-state index in [0.29, 0.717) is 0 Å². The highest BCUT2D eigenvalue weighted by Gasteiger charge is 2.09. The molecule has 0 radical (unpaired) electrons.